The fourth-order valence-corrected chi connectivity index (χ4v) is 4.12. The predicted octanol–water partition coefficient (Wildman–Crippen LogP) is 4.95. The van der Waals surface area contributed by atoms with Crippen LogP contribution in [0.1, 0.15) is 47.5 Å². The zero-order chi connectivity index (χ0) is 22.2. The number of carbonyl (C=O) groups is 1. The van der Waals surface area contributed by atoms with Gasteiger partial charge in [0.2, 0.25) is 0 Å². The number of amides is 1. The minimum absolute atomic E-state index is 0.0203. The van der Waals surface area contributed by atoms with Crippen LogP contribution in [0.2, 0.25) is 5.02 Å². The summed E-state index contributed by atoms with van der Waals surface area (Å²) in [6, 6.07) is 17.9. The molecule has 1 amide bonds. The second-order valence-electron chi connectivity index (χ2n) is 8.57. The Kier molecular flexibility index (Phi) is 5.57. The lowest BCUT2D eigenvalue weighted by Gasteiger charge is -2.33. The molecule has 0 aliphatic carbocycles. The topological polar surface area (TPSA) is 59.7 Å². The molecule has 2 aliphatic rings. The molecule has 32 heavy (non-hydrogen) atoms. The number of nitrogens with zero attached hydrogens (tertiary/aromatic N) is 4. The molecule has 164 valence electrons. The van der Waals surface area contributed by atoms with Crippen LogP contribution in [0.15, 0.2) is 59.6 Å². The Morgan fingerprint density at radius 1 is 1.12 bits per heavy atom. The van der Waals surface area contributed by atoms with Gasteiger partial charge in [-0.25, -0.2) is 0 Å². The molecule has 0 spiro atoms. The van der Waals surface area contributed by atoms with Crippen LogP contribution in [-0.2, 0) is 11.3 Å². The number of carbonyl (C=O) groups excluding carboxylic acids is 1. The van der Waals surface area contributed by atoms with Gasteiger partial charge in [0, 0.05) is 29.9 Å². The Labute approximate surface area is 192 Å². The summed E-state index contributed by atoms with van der Waals surface area (Å²) in [5.74, 6) is -0.0203. The molecule has 2 aromatic carbocycles. The van der Waals surface area contributed by atoms with E-state index in [0.29, 0.717) is 30.4 Å². The summed E-state index contributed by atoms with van der Waals surface area (Å²) in [6.07, 6.45) is 2.04. The van der Waals surface area contributed by atoms with Gasteiger partial charge in [-0.05, 0) is 43.2 Å². The van der Waals surface area contributed by atoms with Crippen LogP contribution < -0.4 is 0 Å². The Bertz CT molecular complexity index is 1150. The molecule has 2 atom stereocenters. The van der Waals surface area contributed by atoms with Crippen molar-refractivity contribution in [3.8, 4) is 11.3 Å². The van der Waals surface area contributed by atoms with E-state index in [4.69, 9.17) is 21.4 Å². The Balaban J connectivity index is 1.42. The molecule has 3 aromatic rings. The first kappa shape index (κ1) is 20.9. The average Bonchev–Trinajstić information content (AvgIpc) is 3.54. The molecule has 1 aromatic heterocycles. The van der Waals surface area contributed by atoms with Crippen molar-refractivity contribution in [3.63, 3.8) is 0 Å². The minimum Gasteiger partial charge on any atom is -0.377 e. The Morgan fingerprint density at radius 3 is 2.50 bits per heavy atom. The summed E-state index contributed by atoms with van der Waals surface area (Å²) >= 11 is 6.03. The molecule has 0 bridgehead atoms. The number of halogens is 1. The van der Waals surface area contributed by atoms with Gasteiger partial charge >= 0.3 is 0 Å². The predicted molar refractivity (Wildman–Crippen MR) is 125 cm³/mol. The largest absolute Gasteiger partial charge is 0.377 e. The summed E-state index contributed by atoms with van der Waals surface area (Å²) in [6.45, 7) is 5.62. The van der Waals surface area contributed by atoms with Gasteiger partial charge in [-0.3, -0.25) is 14.5 Å². The highest BCUT2D eigenvalue weighted by molar-refractivity contribution is 6.30. The van der Waals surface area contributed by atoms with Gasteiger partial charge in [-0.15, -0.1) is 0 Å². The molecular formula is C25H25ClN4O2. The van der Waals surface area contributed by atoms with E-state index in [-0.39, 0.29) is 24.1 Å². The van der Waals surface area contributed by atoms with E-state index in [1.165, 1.54) is 5.56 Å². The molecule has 0 fully saturated rings. The van der Waals surface area contributed by atoms with Crippen LogP contribution in [0.25, 0.3) is 11.3 Å². The van der Waals surface area contributed by atoms with E-state index in [2.05, 4.69) is 29.3 Å². The third-order valence-electron chi connectivity index (χ3n) is 5.77. The van der Waals surface area contributed by atoms with Crippen molar-refractivity contribution in [1.82, 2.24) is 14.7 Å². The van der Waals surface area contributed by atoms with E-state index in [9.17, 15) is 4.79 Å². The van der Waals surface area contributed by atoms with Crippen LogP contribution in [0.4, 0.5) is 0 Å². The van der Waals surface area contributed by atoms with Gasteiger partial charge in [0.1, 0.15) is 11.7 Å². The number of aliphatic imine (C=N–C) groups is 1. The first-order chi connectivity index (χ1) is 15.5. The van der Waals surface area contributed by atoms with Gasteiger partial charge in [0.05, 0.1) is 24.4 Å². The lowest BCUT2D eigenvalue weighted by Crippen LogP contribution is -2.44. The van der Waals surface area contributed by atoms with Crippen LogP contribution in [0.3, 0.4) is 0 Å². The van der Waals surface area contributed by atoms with Gasteiger partial charge in [-0.2, -0.15) is 5.10 Å². The fourth-order valence-electron chi connectivity index (χ4n) is 3.99. The molecule has 0 saturated carbocycles. The van der Waals surface area contributed by atoms with Crippen molar-refractivity contribution in [2.75, 3.05) is 13.2 Å². The van der Waals surface area contributed by atoms with Crippen molar-refractivity contribution in [1.29, 1.82) is 0 Å². The summed E-state index contributed by atoms with van der Waals surface area (Å²) in [7, 11) is 0. The summed E-state index contributed by atoms with van der Waals surface area (Å²) in [5, 5.41) is 5.44. The number of hydrogen-bond acceptors (Lipinski definition) is 4. The number of rotatable bonds is 7. The maximum Gasteiger partial charge on any atom is 0.272 e. The molecule has 5 rings (SSSR count). The van der Waals surface area contributed by atoms with Crippen LogP contribution in [-0.4, -0.2) is 46.1 Å². The molecule has 0 radical (unpaired) electrons. The monoisotopic (exact) mass is 448 g/mol. The highest BCUT2D eigenvalue weighted by Crippen LogP contribution is 2.29. The highest BCUT2D eigenvalue weighted by Gasteiger charge is 2.33. The van der Waals surface area contributed by atoms with Crippen molar-refractivity contribution >= 4 is 23.7 Å². The zero-order valence-electron chi connectivity index (χ0n) is 18.1. The van der Waals surface area contributed by atoms with E-state index in [1.54, 1.807) is 0 Å². The SMILES string of the molecule is CC(C)OCC1CN(Cc2ccc(C3C=N3)cc2)C(=O)c2cc(-c3ccc(Cl)cc3)nn21. The smallest absolute Gasteiger partial charge is 0.272 e. The maximum absolute atomic E-state index is 13.4. The summed E-state index contributed by atoms with van der Waals surface area (Å²) in [4.78, 5) is 19.5. The van der Waals surface area contributed by atoms with Gasteiger partial charge < -0.3 is 9.64 Å². The van der Waals surface area contributed by atoms with E-state index >= 15 is 0 Å². The number of ether oxygens (including phenoxy) is 1. The molecule has 6 nitrogen and oxygen atoms in total. The van der Waals surface area contributed by atoms with Gasteiger partial charge in [-0.1, -0.05) is 48.0 Å². The molecular weight excluding hydrogens is 424 g/mol. The minimum atomic E-state index is -0.0507. The first-order valence-electron chi connectivity index (χ1n) is 10.9. The van der Waals surface area contributed by atoms with Crippen molar-refractivity contribution in [2.45, 2.75) is 38.6 Å². The third kappa shape index (κ3) is 4.33. The normalized spacial score (nSPS) is 19.5. The summed E-state index contributed by atoms with van der Waals surface area (Å²) < 4.78 is 7.75. The second-order valence-corrected chi connectivity index (χ2v) is 9.01. The maximum atomic E-state index is 13.4. The number of aromatic nitrogens is 2. The Morgan fingerprint density at radius 2 is 1.84 bits per heavy atom. The van der Waals surface area contributed by atoms with Gasteiger partial charge in [0.15, 0.2) is 0 Å². The molecule has 7 heteroatoms. The molecule has 3 heterocycles. The number of fused-ring (bicyclic) bond motifs is 1. The molecule has 0 N–H and O–H groups in total. The lowest BCUT2D eigenvalue weighted by atomic mass is 10.1. The molecule has 2 aliphatic heterocycles. The van der Waals surface area contributed by atoms with E-state index in [1.807, 2.05) is 60.0 Å². The van der Waals surface area contributed by atoms with E-state index < -0.39 is 0 Å². The van der Waals surface area contributed by atoms with Crippen LogP contribution in [0.5, 0.6) is 0 Å². The van der Waals surface area contributed by atoms with Crippen LogP contribution in [0, 0.1) is 0 Å². The number of hydrogen-bond donors (Lipinski definition) is 0. The van der Waals surface area contributed by atoms with E-state index in [0.717, 1.165) is 16.8 Å². The van der Waals surface area contributed by atoms with Crippen molar-refractivity contribution in [3.05, 3.63) is 76.4 Å². The molecule has 0 saturated heterocycles. The zero-order valence-corrected chi connectivity index (χ0v) is 18.9. The van der Waals surface area contributed by atoms with Crippen molar-refractivity contribution in [2.24, 2.45) is 4.99 Å². The second kappa shape index (κ2) is 8.52. The number of benzene rings is 2. The highest BCUT2D eigenvalue weighted by atomic mass is 35.5. The average molecular weight is 449 g/mol. The first-order valence-corrected chi connectivity index (χ1v) is 11.2. The van der Waals surface area contributed by atoms with Gasteiger partial charge in [0.25, 0.3) is 5.91 Å². The standard InChI is InChI=1S/C25H25ClN4O2/c1-16(2)32-15-21-14-29(13-17-3-5-19(6-4-17)23-12-27-23)25(31)24-11-22(28-30(21)24)18-7-9-20(26)10-8-18/h3-12,16,21,23H,13-15H2,1-2H3. The van der Waals surface area contributed by atoms with Crippen LogP contribution >= 0.6 is 11.6 Å². The Hall–Kier alpha value is -2.96. The lowest BCUT2D eigenvalue weighted by molar-refractivity contribution is 0.0275. The van der Waals surface area contributed by atoms with Crippen molar-refractivity contribution < 1.29 is 9.53 Å². The quantitative estimate of drug-likeness (QED) is 0.513. The molecule has 2 unspecified atom stereocenters. The fraction of sp³-hybridized carbons (Fsp3) is 0.320. The third-order valence-corrected chi connectivity index (χ3v) is 6.03. The summed E-state index contributed by atoms with van der Waals surface area (Å²) in [5.41, 5.74) is 4.55.